The highest BCUT2D eigenvalue weighted by molar-refractivity contribution is 5.74. The number of fused-ring (bicyclic) bond motifs is 1. The van der Waals surface area contributed by atoms with Crippen molar-refractivity contribution in [3.8, 4) is 22.5 Å². The number of halogens is 2. The van der Waals surface area contributed by atoms with E-state index in [0.717, 1.165) is 12.5 Å². The third-order valence-electron chi connectivity index (χ3n) is 5.32. The van der Waals surface area contributed by atoms with Gasteiger partial charge in [0.25, 0.3) is 6.43 Å². The highest BCUT2D eigenvalue weighted by atomic mass is 19.3. The Labute approximate surface area is 176 Å². The fraction of sp³-hybridized carbons (Fsp3) is 0.227. The van der Waals surface area contributed by atoms with Crippen LogP contribution in [-0.4, -0.2) is 36.0 Å². The SMILES string of the molecule is Cc1ccc(C(C)(O)C(F)F)cc1-c1cnc2c(N)nc(-c3ccnc(CO)c3)cn12. The monoisotopic (exact) mass is 425 g/mol. The summed E-state index contributed by atoms with van der Waals surface area (Å²) in [6.45, 7) is 2.72. The molecular weight excluding hydrogens is 404 g/mol. The maximum atomic E-state index is 13.4. The highest BCUT2D eigenvalue weighted by Crippen LogP contribution is 2.34. The Balaban J connectivity index is 1.91. The van der Waals surface area contributed by atoms with Crippen LogP contribution in [0, 0.1) is 6.92 Å². The third kappa shape index (κ3) is 3.62. The van der Waals surface area contributed by atoms with Gasteiger partial charge in [0.15, 0.2) is 11.5 Å². The van der Waals surface area contributed by atoms with Crippen molar-refractivity contribution in [3.05, 3.63) is 65.7 Å². The second kappa shape index (κ2) is 7.68. The van der Waals surface area contributed by atoms with Gasteiger partial charge in [-0.1, -0.05) is 12.1 Å². The molecule has 0 saturated heterocycles. The molecule has 0 aliphatic rings. The zero-order chi connectivity index (χ0) is 22.3. The molecule has 4 N–H and O–H groups in total. The van der Waals surface area contributed by atoms with Crippen LogP contribution in [0.5, 0.6) is 0 Å². The van der Waals surface area contributed by atoms with E-state index in [1.165, 1.54) is 12.1 Å². The lowest BCUT2D eigenvalue weighted by molar-refractivity contribution is -0.0883. The molecule has 31 heavy (non-hydrogen) atoms. The van der Waals surface area contributed by atoms with Gasteiger partial charge in [0.2, 0.25) is 0 Å². The lowest BCUT2D eigenvalue weighted by Crippen LogP contribution is -2.30. The number of aryl methyl sites for hydroxylation is 1. The van der Waals surface area contributed by atoms with Crippen LogP contribution in [0.4, 0.5) is 14.6 Å². The lowest BCUT2D eigenvalue weighted by atomic mass is 9.92. The first-order valence-corrected chi connectivity index (χ1v) is 9.54. The summed E-state index contributed by atoms with van der Waals surface area (Å²) < 4.78 is 28.5. The first-order valence-electron chi connectivity index (χ1n) is 9.54. The number of alkyl halides is 2. The van der Waals surface area contributed by atoms with Crippen molar-refractivity contribution >= 4 is 11.5 Å². The maximum absolute atomic E-state index is 13.4. The van der Waals surface area contributed by atoms with Gasteiger partial charge in [-0.15, -0.1) is 0 Å². The van der Waals surface area contributed by atoms with Crippen molar-refractivity contribution in [3.63, 3.8) is 0 Å². The van der Waals surface area contributed by atoms with Crippen LogP contribution in [0.25, 0.3) is 28.2 Å². The van der Waals surface area contributed by atoms with Gasteiger partial charge in [-0.2, -0.15) is 0 Å². The van der Waals surface area contributed by atoms with E-state index in [1.807, 2.05) is 6.92 Å². The largest absolute Gasteiger partial charge is 0.390 e. The van der Waals surface area contributed by atoms with E-state index in [9.17, 15) is 19.0 Å². The van der Waals surface area contributed by atoms with Crippen molar-refractivity contribution in [1.82, 2.24) is 19.4 Å². The van der Waals surface area contributed by atoms with Crippen LogP contribution in [0.1, 0.15) is 23.7 Å². The summed E-state index contributed by atoms with van der Waals surface area (Å²) in [4.78, 5) is 12.8. The van der Waals surface area contributed by atoms with Gasteiger partial charge in [0.1, 0.15) is 5.60 Å². The second-order valence-electron chi connectivity index (χ2n) is 7.52. The van der Waals surface area contributed by atoms with E-state index >= 15 is 0 Å². The summed E-state index contributed by atoms with van der Waals surface area (Å²) >= 11 is 0. The molecule has 0 fully saturated rings. The van der Waals surface area contributed by atoms with Crippen LogP contribution >= 0.6 is 0 Å². The summed E-state index contributed by atoms with van der Waals surface area (Å²) in [5.74, 6) is 0.194. The molecule has 0 saturated carbocycles. The number of benzene rings is 1. The van der Waals surface area contributed by atoms with E-state index in [0.29, 0.717) is 33.9 Å². The molecule has 1 atom stereocenters. The molecule has 0 aliphatic heterocycles. The number of imidazole rings is 1. The van der Waals surface area contributed by atoms with Gasteiger partial charge in [0.05, 0.1) is 29.9 Å². The number of anilines is 1. The molecule has 3 heterocycles. The van der Waals surface area contributed by atoms with E-state index in [-0.39, 0.29) is 18.0 Å². The van der Waals surface area contributed by atoms with Gasteiger partial charge in [0, 0.05) is 23.5 Å². The minimum Gasteiger partial charge on any atom is -0.390 e. The van der Waals surface area contributed by atoms with Gasteiger partial charge in [-0.05, 0) is 43.2 Å². The molecule has 4 rings (SSSR count). The summed E-state index contributed by atoms with van der Waals surface area (Å²) in [7, 11) is 0. The summed E-state index contributed by atoms with van der Waals surface area (Å²) in [6, 6.07) is 8.16. The molecule has 0 bridgehead atoms. The molecule has 0 spiro atoms. The topological polar surface area (TPSA) is 110 Å². The number of aliphatic hydroxyl groups excluding tert-OH is 1. The van der Waals surface area contributed by atoms with Crippen molar-refractivity contribution in [2.24, 2.45) is 0 Å². The molecule has 7 nitrogen and oxygen atoms in total. The minimum atomic E-state index is -2.94. The molecule has 3 aromatic heterocycles. The zero-order valence-corrected chi connectivity index (χ0v) is 16.9. The number of aliphatic hydroxyl groups is 2. The number of rotatable bonds is 5. The van der Waals surface area contributed by atoms with Crippen LogP contribution < -0.4 is 5.73 Å². The first-order chi connectivity index (χ1) is 14.7. The fourth-order valence-corrected chi connectivity index (χ4v) is 3.41. The predicted molar refractivity (Wildman–Crippen MR) is 112 cm³/mol. The summed E-state index contributed by atoms with van der Waals surface area (Å²) in [6.07, 6.45) is 1.95. The Morgan fingerprint density at radius 1 is 1.19 bits per heavy atom. The number of hydrogen-bond donors (Lipinski definition) is 3. The van der Waals surface area contributed by atoms with E-state index in [4.69, 9.17) is 5.73 Å². The van der Waals surface area contributed by atoms with Crippen molar-refractivity contribution < 1.29 is 19.0 Å². The molecule has 4 aromatic rings. The van der Waals surface area contributed by atoms with Crippen LogP contribution in [0.15, 0.2) is 48.9 Å². The molecular formula is C22H21F2N5O2. The molecule has 9 heteroatoms. The number of aromatic nitrogens is 4. The Morgan fingerprint density at radius 3 is 2.68 bits per heavy atom. The Morgan fingerprint density at radius 2 is 1.97 bits per heavy atom. The molecule has 1 aromatic carbocycles. The van der Waals surface area contributed by atoms with Crippen LogP contribution in [-0.2, 0) is 12.2 Å². The number of nitrogens with zero attached hydrogens (tertiary/aromatic N) is 4. The van der Waals surface area contributed by atoms with Gasteiger partial charge in [-0.25, -0.2) is 18.7 Å². The Kier molecular flexibility index (Phi) is 5.16. The standard InChI is InChI=1S/C22H21F2N5O2/c1-12-3-4-14(22(2,31)21(23)24)8-16(12)18-9-27-20-19(25)28-17(10-29(18)20)13-5-6-26-15(7-13)11-30/h3-10,21,30-31H,11H2,1-2H3,(H2,25,28). The molecule has 0 aliphatic carbocycles. The van der Waals surface area contributed by atoms with Crippen LogP contribution in [0.2, 0.25) is 0 Å². The molecule has 0 amide bonds. The van der Waals surface area contributed by atoms with E-state index in [1.54, 1.807) is 41.2 Å². The van der Waals surface area contributed by atoms with Gasteiger partial charge < -0.3 is 15.9 Å². The zero-order valence-electron chi connectivity index (χ0n) is 16.9. The fourth-order valence-electron chi connectivity index (χ4n) is 3.41. The van der Waals surface area contributed by atoms with E-state index in [2.05, 4.69) is 15.0 Å². The average molecular weight is 425 g/mol. The average Bonchev–Trinajstić information content (AvgIpc) is 3.18. The van der Waals surface area contributed by atoms with Crippen LogP contribution in [0.3, 0.4) is 0 Å². The van der Waals surface area contributed by atoms with Gasteiger partial charge in [-0.3, -0.25) is 9.38 Å². The van der Waals surface area contributed by atoms with Crippen molar-refractivity contribution in [1.29, 1.82) is 0 Å². The third-order valence-corrected chi connectivity index (χ3v) is 5.32. The van der Waals surface area contributed by atoms with Gasteiger partial charge >= 0.3 is 0 Å². The summed E-state index contributed by atoms with van der Waals surface area (Å²) in [5, 5.41) is 19.6. The molecule has 160 valence electrons. The first kappa shape index (κ1) is 20.8. The van der Waals surface area contributed by atoms with Crippen molar-refractivity contribution in [2.75, 3.05) is 5.73 Å². The molecule has 0 radical (unpaired) electrons. The lowest BCUT2D eigenvalue weighted by Gasteiger charge is -2.23. The smallest absolute Gasteiger partial charge is 0.270 e. The Hall–Kier alpha value is -3.43. The maximum Gasteiger partial charge on any atom is 0.270 e. The summed E-state index contributed by atoms with van der Waals surface area (Å²) in [5.41, 5.74) is 8.16. The quantitative estimate of drug-likeness (QED) is 0.453. The van der Waals surface area contributed by atoms with E-state index < -0.39 is 12.0 Å². The highest BCUT2D eigenvalue weighted by Gasteiger charge is 2.34. The normalized spacial score (nSPS) is 13.6. The number of nitrogen functional groups attached to an aromatic ring is 1. The Bertz CT molecular complexity index is 1270. The predicted octanol–water partition coefficient (Wildman–Crippen LogP) is 3.31. The number of nitrogens with two attached hydrogens (primary N) is 1. The minimum absolute atomic E-state index is 0.0991. The van der Waals surface area contributed by atoms with Crippen molar-refractivity contribution in [2.45, 2.75) is 32.5 Å². The number of hydrogen-bond acceptors (Lipinski definition) is 6. The molecule has 1 unspecified atom stereocenters. The second-order valence-corrected chi connectivity index (χ2v) is 7.52. The number of pyridine rings is 1.